The van der Waals surface area contributed by atoms with Gasteiger partial charge in [0.05, 0.1) is 0 Å². The van der Waals surface area contributed by atoms with Gasteiger partial charge in [-0.25, -0.2) is 4.79 Å². The monoisotopic (exact) mass is 270 g/mol. The van der Waals surface area contributed by atoms with Gasteiger partial charge in [-0.15, -0.1) is 0 Å². The summed E-state index contributed by atoms with van der Waals surface area (Å²) in [5.41, 5.74) is 0. The Balaban J connectivity index is 2.13. The van der Waals surface area contributed by atoms with E-state index in [0.29, 0.717) is 5.75 Å². The maximum Gasteiger partial charge on any atom is 0.335 e. The summed E-state index contributed by atoms with van der Waals surface area (Å²) in [7, 11) is 0. The highest BCUT2D eigenvalue weighted by Gasteiger charge is 2.48. The van der Waals surface area contributed by atoms with Crippen LogP contribution in [0.2, 0.25) is 0 Å². The Labute approximate surface area is 108 Å². The molecule has 1 aromatic rings. The van der Waals surface area contributed by atoms with E-state index in [4.69, 9.17) is 14.6 Å². The van der Waals surface area contributed by atoms with Gasteiger partial charge in [0.2, 0.25) is 6.29 Å². The smallest absolute Gasteiger partial charge is 0.335 e. The highest BCUT2D eigenvalue weighted by atomic mass is 16.7. The Morgan fingerprint density at radius 2 is 1.68 bits per heavy atom. The van der Waals surface area contributed by atoms with Crippen LogP contribution in [-0.4, -0.2) is 57.1 Å². The van der Waals surface area contributed by atoms with Crippen molar-refractivity contribution < 1.29 is 34.7 Å². The second kappa shape index (κ2) is 5.54. The van der Waals surface area contributed by atoms with Gasteiger partial charge in [-0.2, -0.15) is 0 Å². The van der Waals surface area contributed by atoms with E-state index in [-0.39, 0.29) is 0 Å². The molecule has 5 atom stereocenters. The fraction of sp³-hybridized carbons (Fsp3) is 0.417. The predicted molar refractivity (Wildman–Crippen MR) is 61.4 cm³/mol. The number of para-hydroxylation sites is 1. The summed E-state index contributed by atoms with van der Waals surface area (Å²) < 4.78 is 10.2. The van der Waals surface area contributed by atoms with Crippen molar-refractivity contribution in [3.05, 3.63) is 30.3 Å². The Morgan fingerprint density at radius 1 is 1.05 bits per heavy atom. The average Bonchev–Trinajstić information content (AvgIpc) is 2.40. The van der Waals surface area contributed by atoms with E-state index < -0.39 is 36.7 Å². The number of carboxylic acid groups (broad SMARTS) is 1. The normalized spacial score (nSPS) is 34.8. The molecule has 7 heteroatoms. The van der Waals surface area contributed by atoms with Crippen molar-refractivity contribution in [1.29, 1.82) is 0 Å². The molecule has 19 heavy (non-hydrogen) atoms. The van der Waals surface area contributed by atoms with Crippen LogP contribution >= 0.6 is 0 Å². The lowest BCUT2D eigenvalue weighted by atomic mass is 9.99. The Hall–Kier alpha value is -1.67. The predicted octanol–water partition coefficient (Wildman–Crippen LogP) is -1.04. The van der Waals surface area contributed by atoms with Crippen LogP contribution in [0.1, 0.15) is 0 Å². The van der Waals surface area contributed by atoms with Gasteiger partial charge in [0, 0.05) is 0 Å². The van der Waals surface area contributed by atoms with Gasteiger partial charge in [-0.05, 0) is 12.1 Å². The quantitative estimate of drug-likeness (QED) is 0.554. The number of aliphatic hydroxyl groups excluding tert-OH is 3. The molecule has 104 valence electrons. The first-order chi connectivity index (χ1) is 9.00. The van der Waals surface area contributed by atoms with Crippen LogP contribution in [0, 0.1) is 0 Å². The standard InChI is InChI=1S/C12H14O7/c13-7-8(14)10(11(16)17)19-12(9(7)15)18-6-4-2-1-3-5-6/h1-5,7-10,12-15H,(H,16,17)/t7-,8+,9-,10+,12-/m1/s1. The van der Waals surface area contributed by atoms with E-state index in [9.17, 15) is 20.1 Å². The van der Waals surface area contributed by atoms with Crippen molar-refractivity contribution in [3.8, 4) is 5.75 Å². The number of ether oxygens (including phenoxy) is 2. The second-order valence-corrected chi connectivity index (χ2v) is 4.17. The number of rotatable bonds is 3. The fourth-order valence-corrected chi connectivity index (χ4v) is 1.78. The van der Waals surface area contributed by atoms with E-state index in [0.717, 1.165) is 0 Å². The molecule has 1 aromatic carbocycles. The van der Waals surface area contributed by atoms with Crippen molar-refractivity contribution in [2.24, 2.45) is 0 Å². The van der Waals surface area contributed by atoms with Crippen LogP contribution in [0.25, 0.3) is 0 Å². The summed E-state index contributed by atoms with van der Waals surface area (Å²) >= 11 is 0. The van der Waals surface area contributed by atoms with Gasteiger partial charge in [0.15, 0.2) is 6.10 Å². The Kier molecular flexibility index (Phi) is 4.01. The third kappa shape index (κ3) is 2.85. The van der Waals surface area contributed by atoms with Gasteiger partial charge in [-0.1, -0.05) is 18.2 Å². The molecular formula is C12H14O7. The minimum absolute atomic E-state index is 0.347. The molecule has 0 amide bonds. The molecule has 0 radical (unpaired) electrons. The zero-order valence-corrected chi connectivity index (χ0v) is 9.79. The van der Waals surface area contributed by atoms with Crippen LogP contribution in [0.3, 0.4) is 0 Å². The van der Waals surface area contributed by atoms with E-state index in [2.05, 4.69) is 0 Å². The van der Waals surface area contributed by atoms with E-state index in [1.165, 1.54) is 0 Å². The average molecular weight is 270 g/mol. The molecule has 1 heterocycles. The summed E-state index contributed by atoms with van der Waals surface area (Å²) in [5.74, 6) is -1.10. The summed E-state index contributed by atoms with van der Waals surface area (Å²) in [4.78, 5) is 10.9. The van der Waals surface area contributed by atoms with Crippen LogP contribution in [0.4, 0.5) is 0 Å². The van der Waals surface area contributed by atoms with Gasteiger partial charge < -0.3 is 29.9 Å². The van der Waals surface area contributed by atoms with Gasteiger partial charge in [-0.3, -0.25) is 0 Å². The Bertz CT molecular complexity index is 435. The van der Waals surface area contributed by atoms with Crippen molar-refractivity contribution in [2.45, 2.75) is 30.7 Å². The molecule has 1 fully saturated rings. The number of hydrogen-bond acceptors (Lipinski definition) is 6. The highest BCUT2D eigenvalue weighted by Crippen LogP contribution is 2.24. The third-order valence-electron chi connectivity index (χ3n) is 2.81. The molecule has 0 unspecified atom stereocenters. The number of aliphatic carboxylic acids is 1. The van der Waals surface area contributed by atoms with Crippen LogP contribution in [-0.2, 0) is 9.53 Å². The molecule has 4 N–H and O–H groups in total. The number of carbonyl (C=O) groups is 1. The van der Waals surface area contributed by atoms with E-state index >= 15 is 0 Å². The van der Waals surface area contributed by atoms with Crippen molar-refractivity contribution in [1.82, 2.24) is 0 Å². The first-order valence-electron chi connectivity index (χ1n) is 5.65. The number of aliphatic hydroxyl groups is 3. The maximum atomic E-state index is 10.9. The molecule has 0 spiro atoms. The fourth-order valence-electron chi connectivity index (χ4n) is 1.78. The summed E-state index contributed by atoms with van der Waals surface area (Å²) in [6.07, 6.45) is -7.97. The topological polar surface area (TPSA) is 116 Å². The zero-order valence-electron chi connectivity index (χ0n) is 9.79. The third-order valence-corrected chi connectivity index (χ3v) is 2.81. The number of hydrogen-bond donors (Lipinski definition) is 4. The minimum Gasteiger partial charge on any atom is -0.479 e. The lowest BCUT2D eigenvalue weighted by molar-refractivity contribution is -0.271. The SMILES string of the molecule is O=C(O)[C@H]1O[C@@H](Oc2ccccc2)[C@H](O)[C@H](O)[C@@H]1O. The van der Waals surface area contributed by atoms with E-state index in [1.54, 1.807) is 30.3 Å². The van der Waals surface area contributed by atoms with Crippen molar-refractivity contribution >= 4 is 5.97 Å². The molecule has 1 aliphatic rings. The Morgan fingerprint density at radius 3 is 2.26 bits per heavy atom. The van der Waals surface area contributed by atoms with Crippen LogP contribution < -0.4 is 4.74 Å². The van der Waals surface area contributed by atoms with Gasteiger partial charge >= 0.3 is 5.97 Å². The summed E-state index contributed by atoms with van der Waals surface area (Å²) in [5, 5.41) is 37.7. The number of benzene rings is 1. The first-order valence-corrected chi connectivity index (χ1v) is 5.65. The molecule has 0 aromatic heterocycles. The lowest BCUT2D eigenvalue weighted by Gasteiger charge is -2.38. The minimum atomic E-state index is -1.72. The highest BCUT2D eigenvalue weighted by molar-refractivity contribution is 5.73. The molecule has 1 saturated heterocycles. The molecule has 7 nitrogen and oxygen atoms in total. The van der Waals surface area contributed by atoms with Crippen LogP contribution in [0.5, 0.6) is 5.75 Å². The maximum absolute atomic E-state index is 10.9. The van der Waals surface area contributed by atoms with Crippen LogP contribution in [0.15, 0.2) is 30.3 Å². The first kappa shape index (κ1) is 13.8. The lowest BCUT2D eigenvalue weighted by Crippen LogP contribution is -2.61. The number of carboxylic acids is 1. The summed E-state index contributed by atoms with van der Waals surface area (Å²) in [6, 6.07) is 8.30. The second-order valence-electron chi connectivity index (χ2n) is 4.17. The molecule has 0 aliphatic carbocycles. The zero-order chi connectivity index (χ0) is 14.0. The summed E-state index contributed by atoms with van der Waals surface area (Å²) in [6.45, 7) is 0. The molecular weight excluding hydrogens is 256 g/mol. The molecule has 2 rings (SSSR count). The molecule has 0 saturated carbocycles. The van der Waals surface area contributed by atoms with Crippen molar-refractivity contribution in [2.75, 3.05) is 0 Å². The molecule has 1 aliphatic heterocycles. The van der Waals surface area contributed by atoms with Gasteiger partial charge in [0.25, 0.3) is 0 Å². The van der Waals surface area contributed by atoms with Gasteiger partial charge in [0.1, 0.15) is 24.1 Å². The van der Waals surface area contributed by atoms with E-state index in [1.807, 2.05) is 0 Å². The molecule has 0 bridgehead atoms. The largest absolute Gasteiger partial charge is 0.479 e. The van der Waals surface area contributed by atoms with Crippen molar-refractivity contribution in [3.63, 3.8) is 0 Å².